The first-order valence-corrected chi connectivity index (χ1v) is 15.3. The highest BCUT2D eigenvalue weighted by Crippen LogP contribution is 2.48. The standard InChI is InChI=1S/C34H46N6O6/c1-21(11-10-17-33(2,3)37-39-35)12-13-23-22(14-15-26(42-6)31(23)44-8)28-19-25(41)30-29(46-28)20-27(43-7)24(32(30)45-9)16-18-34(4,5)38-40-36/h12,14-15,20,28H,10-11,13,16-19H2,1-9H3/b21-12-/t28-/m0/s1. The van der Waals surface area contributed by atoms with Gasteiger partial charge in [0.05, 0.1) is 34.9 Å². The zero-order valence-electron chi connectivity index (χ0n) is 28.5. The van der Waals surface area contributed by atoms with E-state index in [1.54, 1.807) is 27.4 Å². The van der Waals surface area contributed by atoms with E-state index in [1.807, 2.05) is 39.8 Å². The molecule has 0 amide bonds. The maximum atomic E-state index is 13.8. The van der Waals surface area contributed by atoms with Gasteiger partial charge in [-0.3, -0.25) is 4.79 Å². The summed E-state index contributed by atoms with van der Waals surface area (Å²) in [6, 6.07) is 5.48. The van der Waals surface area contributed by atoms with Crippen molar-refractivity contribution in [3.63, 3.8) is 0 Å². The summed E-state index contributed by atoms with van der Waals surface area (Å²) < 4.78 is 29.5. The molecule has 0 aromatic heterocycles. The number of methoxy groups -OCH3 is 4. The van der Waals surface area contributed by atoms with Crippen molar-refractivity contribution < 1.29 is 28.5 Å². The van der Waals surface area contributed by atoms with E-state index in [-0.39, 0.29) is 12.2 Å². The predicted molar refractivity (Wildman–Crippen MR) is 177 cm³/mol. The third-order valence-corrected chi connectivity index (χ3v) is 8.31. The van der Waals surface area contributed by atoms with Crippen molar-refractivity contribution in [3.8, 4) is 28.7 Å². The number of carbonyl (C=O) groups excluding carboxylic acids is 1. The van der Waals surface area contributed by atoms with E-state index in [0.717, 1.165) is 36.0 Å². The van der Waals surface area contributed by atoms with Gasteiger partial charge < -0.3 is 23.7 Å². The highest BCUT2D eigenvalue weighted by molar-refractivity contribution is 6.03. The normalized spacial score (nSPS) is 14.8. The highest BCUT2D eigenvalue weighted by Gasteiger charge is 2.35. The molecule has 0 bridgehead atoms. The minimum absolute atomic E-state index is 0.0963. The molecular weight excluding hydrogens is 588 g/mol. The van der Waals surface area contributed by atoms with Gasteiger partial charge in [-0.25, -0.2) is 0 Å². The first-order valence-electron chi connectivity index (χ1n) is 15.3. The molecule has 0 saturated carbocycles. The summed E-state index contributed by atoms with van der Waals surface area (Å²) in [6.07, 6.45) is 5.68. The lowest BCUT2D eigenvalue weighted by molar-refractivity contribution is 0.0842. The van der Waals surface area contributed by atoms with Gasteiger partial charge in [-0.05, 0) is 62.6 Å². The second kappa shape index (κ2) is 15.7. The number of benzene rings is 2. The fraction of sp³-hybridized carbons (Fsp3) is 0.559. The number of allylic oxidation sites excluding steroid dienone is 2. The van der Waals surface area contributed by atoms with Crippen LogP contribution in [0, 0.1) is 0 Å². The Kier molecular flexibility index (Phi) is 12.2. The number of carbonyl (C=O) groups is 1. The number of azide groups is 2. The summed E-state index contributed by atoms with van der Waals surface area (Å²) in [5.74, 6) is 2.37. The zero-order valence-corrected chi connectivity index (χ0v) is 28.5. The second-order valence-corrected chi connectivity index (χ2v) is 12.7. The van der Waals surface area contributed by atoms with Crippen molar-refractivity contribution >= 4 is 5.78 Å². The number of Topliss-reactive ketones (excluding diaryl/α,β-unsaturated/α-hetero) is 1. The van der Waals surface area contributed by atoms with E-state index in [1.165, 1.54) is 12.7 Å². The van der Waals surface area contributed by atoms with Crippen molar-refractivity contribution in [2.75, 3.05) is 28.4 Å². The Morgan fingerprint density at radius 1 is 0.935 bits per heavy atom. The molecule has 12 nitrogen and oxygen atoms in total. The first kappa shape index (κ1) is 35.9. The SMILES string of the molecule is COc1cc2c(c(OC)c1CCC(C)(C)N=[N+]=[N-])C(=O)C[C@@H](c1ccc(OC)c(OC)c1C/C=C(/C)CCCC(C)(C)N=[N+]=[N-])O2. The molecule has 0 aliphatic carbocycles. The number of hydrogen-bond acceptors (Lipinski definition) is 8. The fourth-order valence-corrected chi connectivity index (χ4v) is 5.76. The molecule has 2 aromatic carbocycles. The van der Waals surface area contributed by atoms with Crippen LogP contribution in [0.4, 0.5) is 0 Å². The zero-order chi connectivity index (χ0) is 34.1. The van der Waals surface area contributed by atoms with Crippen molar-refractivity contribution in [1.29, 1.82) is 0 Å². The summed E-state index contributed by atoms with van der Waals surface area (Å²) >= 11 is 0. The Labute approximate surface area is 271 Å². The van der Waals surface area contributed by atoms with Crippen molar-refractivity contribution in [3.05, 3.63) is 73.0 Å². The number of fused-ring (bicyclic) bond motifs is 1. The van der Waals surface area contributed by atoms with Crippen LogP contribution in [0.2, 0.25) is 0 Å². The largest absolute Gasteiger partial charge is 0.496 e. The summed E-state index contributed by atoms with van der Waals surface area (Å²) in [7, 11) is 6.27. The summed E-state index contributed by atoms with van der Waals surface area (Å²) in [5, 5.41) is 7.77. The quantitative estimate of drug-likeness (QED) is 0.0774. The third kappa shape index (κ3) is 8.59. The lowest BCUT2D eigenvalue weighted by Gasteiger charge is -2.30. The minimum atomic E-state index is -0.633. The molecule has 1 atom stereocenters. The van der Waals surface area contributed by atoms with E-state index in [2.05, 4.69) is 33.1 Å². The molecule has 46 heavy (non-hydrogen) atoms. The van der Waals surface area contributed by atoms with E-state index < -0.39 is 17.2 Å². The topological polar surface area (TPSA) is 161 Å². The van der Waals surface area contributed by atoms with E-state index in [0.29, 0.717) is 53.6 Å². The van der Waals surface area contributed by atoms with Crippen LogP contribution in [0.5, 0.6) is 28.7 Å². The van der Waals surface area contributed by atoms with E-state index in [9.17, 15) is 4.79 Å². The van der Waals surface area contributed by atoms with E-state index >= 15 is 0 Å². The molecule has 0 fully saturated rings. The molecule has 12 heteroatoms. The van der Waals surface area contributed by atoms with Gasteiger partial charge in [0.1, 0.15) is 28.9 Å². The van der Waals surface area contributed by atoms with Crippen LogP contribution < -0.4 is 23.7 Å². The molecule has 3 rings (SSSR count). The molecular formula is C34H46N6O6. The maximum absolute atomic E-state index is 13.8. The van der Waals surface area contributed by atoms with Gasteiger partial charge in [-0.2, -0.15) is 0 Å². The van der Waals surface area contributed by atoms with Crippen molar-refractivity contribution in [2.24, 2.45) is 10.2 Å². The average Bonchev–Trinajstić information content (AvgIpc) is 3.01. The van der Waals surface area contributed by atoms with Crippen LogP contribution in [-0.4, -0.2) is 45.3 Å². The Bertz CT molecular complexity index is 1550. The number of hydrogen-bond donors (Lipinski definition) is 0. The fourth-order valence-electron chi connectivity index (χ4n) is 5.76. The number of ether oxygens (including phenoxy) is 5. The number of ketones is 1. The smallest absolute Gasteiger partial charge is 0.174 e. The van der Waals surface area contributed by atoms with Crippen LogP contribution in [-0.2, 0) is 12.8 Å². The molecule has 1 heterocycles. The molecule has 1 aliphatic heterocycles. The highest BCUT2D eigenvalue weighted by atomic mass is 16.5. The summed E-state index contributed by atoms with van der Waals surface area (Å²) in [4.78, 5) is 19.8. The van der Waals surface area contributed by atoms with Crippen LogP contribution in [0.25, 0.3) is 20.9 Å². The van der Waals surface area contributed by atoms with Crippen LogP contribution in [0.3, 0.4) is 0 Å². The Hall–Kier alpha value is -4.53. The minimum Gasteiger partial charge on any atom is -0.496 e. The van der Waals surface area contributed by atoms with Gasteiger partial charge in [0, 0.05) is 43.7 Å². The van der Waals surface area contributed by atoms with Crippen molar-refractivity contribution in [1.82, 2.24) is 0 Å². The van der Waals surface area contributed by atoms with Crippen LogP contribution in [0.1, 0.15) is 99.9 Å². The van der Waals surface area contributed by atoms with Gasteiger partial charge in [0.2, 0.25) is 0 Å². The van der Waals surface area contributed by atoms with Crippen LogP contribution in [0.15, 0.2) is 40.1 Å². The predicted octanol–water partition coefficient (Wildman–Crippen LogP) is 9.20. The van der Waals surface area contributed by atoms with E-state index in [4.69, 9.17) is 34.7 Å². The van der Waals surface area contributed by atoms with Gasteiger partial charge >= 0.3 is 0 Å². The molecule has 1 aliphatic rings. The number of rotatable bonds is 16. The Balaban J connectivity index is 1.99. The monoisotopic (exact) mass is 634 g/mol. The Morgan fingerprint density at radius 3 is 2.15 bits per heavy atom. The van der Waals surface area contributed by atoms with Gasteiger partial charge in [-0.15, -0.1) is 0 Å². The maximum Gasteiger partial charge on any atom is 0.174 e. The first-order chi connectivity index (χ1) is 21.8. The Morgan fingerprint density at radius 2 is 1.57 bits per heavy atom. The van der Waals surface area contributed by atoms with Crippen molar-refractivity contribution in [2.45, 2.75) is 96.7 Å². The molecule has 2 aromatic rings. The van der Waals surface area contributed by atoms with Gasteiger partial charge in [0.15, 0.2) is 17.3 Å². The number of nitrogens with zero attached hydrogens (tertiary/aromatic N) is 6. The molecule has 248 valence electrons. The average molecular weight is 635 g/mol. The summed E-state index contributed by atoms with van der Waals surface area (Å²) in [6.45, 7) is 9.65. The molecule has 0 radical (unpaired) electrons. The molecule has 0 saturated heterocycles. The molecule has 0 spiro atoms. The second-order valence-electron chi connectivity index (χ2n) is 12.7. The van der Waals surface area contributed by atoms with Gasteiger partial charge in [0.25, 0.3) is 0 Å². The third-order valence-electron chi connectivity index (χ3n) is 8.31. The van der Waals surface area contributed by atoms with Crippen LogP contribution >= 0.6 is 0 Å². The lowest BCUT2D eigenvalue weighted by Crippen LogP contribution is -2.23. The molecule has 0 N–H and O–H groups in total. The lowest BCUT2D eigenvalue weighted by atomic mass is 9.88. The van der Waals surface area contributed by atoms with Gasteiger partial charge in [-0.1, -0.05) is 55.6 Å². The summed E-state index contributed by atoms with van der Waals surface area (Å²) in [5.41, 5.74) is 20.7. The molecule has 0 unspecified atom stereocenters.